The summed E-state index contributed by atoms with van der Waals surface area (Å²) >= 11 is 0. The molecule has 0 atom stereocenters. The summed E-state index contributed by atoms with van der Waals surface area (Å²) in [6, 6.07) is 13.6. The van der Waals surface area contributed by atoms with Crippen molar-refractivity contribution in [2.75, 3.05) is 0 Å². The Morgan fingerprint density at radius 1 is 1.25 bits per heavy atom. The summed E-state index contributed by atoms with van der Waals surface area (Å²) in [5, 5.41) is 17.3. The zero-order chi connectivity index (χ0) is 14.1. The molecule has 0 amide bonds. The van der Waals surface area contributed by atoms with Crippen LogP contribution in [0.25, 0.3) is 22.2 Å². The summed E-state index contributed by atoms with van der Waals surface area (Å²) in [4.78, 5) is 10.8. The van der Waals surface area contributed by atoms with Gasteiger partial charge in [0.15, 0.2) is 0 Å². The fraction of sp³-hybridized carbons (Fsp3) is 0.125. The van der Waals surface area contributed by atoms with E-state index < -0.39 is 5.97 Å². The van der Waals surface area contributed by atoms with E-state index in [9.17, 15) is 4.79 Å². The minimum Gasteiger partial charge on any atom is -0.481 e. The van der Waals surface area contributed by atoms with Gasteiger partial charge in [0, 0.05) is 10.9 Å². The number of nitrogens with zero attached hydrogens (tertiary/aromatic N) is 1. The number of carboxylic acid groups (broad SMARTS) is 1. The highest BCUT2D eigenvalue weighted by molar-refractivity contribution is 5.93. The first-order valence-corrected chi connectivity index (χ1v) is 6.39. The van der Waals surface area contributed by atoms with Gasteiger partial charge < -0.3 is 5.11 Å². The normalized spacial score (nSPS) is 10.8. The third-order valence-corrected chi connectivity index (χ3v) is 3.27. The summed E-state index contributed by atoms with van der Waals surface area (Å²) in [6.07, 6.45) is 0.0231. The molecule has 2 N–H and O–H groups in total. The average Bonchev–Trinajstić information content (AvgIpc) is 2.81. The van der Waals surface area contributed by atoms with Gasteiger partial charge in [0.25, 0.3) is 0 Å². The minimum atomic E-state index is -0.829. The van der Waals surface area contributed by atoms with Crippen molar-refractivity contribution in [3.05, 3.63) is 53.6 Å². The van der Waals surface area contributed by atoms with E-state index in [0.29, 0.717) is 0 Å². The predicted octanol–water partition coefficient (Wildman–Crippen LogP) is 3.17. The molecule has 0 saturated carbocycles. The standard InChI is InChI=1S/C16H14N2O2/c1-10-5-6-13-14(7-10)17-18-16(13)12-4-2-3-11(8-12)9-15(19)20/h2-8H,9H2,1H3,(H,17,18)(H,19,20). The van der Waals surface area contributed by atoms with Gasteiger partial charge in [0.05, 0.1) is 17.6 Å². The highest BCUT2D eigenvalue weighted by Gasteiger charge is 2.09. The molecule has 0 unspecified atom stereocenters. The molecule has 0 aliphatic rings. The molecular formula is C16H14N2O2. The molecule has 20 heavy (non-hydrogen) atoms. The first-order valence-electron chi connectivity index (χ1n) is 6.39. The quantitative estimate of drug-likeness (QED) is 0.765. The van der Waals surface area contributed by atoms with E-state index in [1.807, 2.05) is 49.4 Å². The number of carboxylic acids is 1. The molecule has 0 bridgehead atoms. The topological polar surface area (TPSA) is 66.0 Å². The third-order valence-electron chi connectivity index (χ3n) is 3.27. The van der Waals surface area contributed by atoms with Crippen LogP contribution in [0.4, 0.5) is 0 Å². The Balaban J connectivity index is 2.09. The molecule has 0 spiro atoms. The molecule has 0 radical (unpaired) electrons. The fourth-order valence-electron chi connectivity index (χ4n) is 2.36. The van der Waals surface area contributed by atoms with Gasteiger partial charge in [-0.1, -0.05) is 30.3 Å². The van der Waals surface area contributed by atoms with Gasteiger partial charge in [-0.25, -0.2) is 0 Å². The van der Waals surface area contributed by atoms with E-state index in [2.05, 4.69) is 10.2 Å². The summed E-state index contributed by atoms with van der Waals surface area (Å²) in [5.74, 6) is -0.829. The van der Waals surface area contributed by atoms with Gasteiger partial charge in [-0.05, 0) is 30.2 Å². The lowest BCUT2D eigenvalue weighted by atomic mass is 10.0. The van der Waals surface area contributed by atoms with Crippen LogP contribution in [0.15, 0.2) is 42.5 Å². The second-order valence-corrected chi connectivity index (χ2v) is 4.89. The molecule has 2 aromatic carbocycles. The van der Waals surface area contributed by atoms with Crippen LogP contribution in [0.1, 0.15) is 11.1 Å². The van der Waals surface area contributed by atoms with Crippen molar-refractivity contribution < 1.29 is 9.90 Å². The summed E-state index contributed by atoms with van der Waals surface area (Å²) in [7, 11) is 0. The molecule has 4 nitrogen and oxygen atoms in total. The van der Waals surface area contributed by atoms with Crippen molar-refractivity contribution in [3.63, 3.8) is 0 Å². The maximum absolute atomic E-state index is 10.8. The number of hydrogen-bond acceptors (Lipinski definition) is 2. The highest BCUT2D eigenvalue weighted by Crippen LogP contribution is 2.27. The lowest BCUT2D eigenvalue weighted by molar-refractivity contribution is -0.136. The van der Waals surface area contributed by atoms with Crippen molar-refractivity contribution in [3.8, 4) is 11.3 Å². The van der Waals surface area contributed by atoms with Crippen LogP contribution in [0.2, 0.25) is 0 Å². The second kappa shape index (κ2) is 4.81. The number of H-pyrrole nitrogens is 1. The highest BCUT2D eigenvalue weighted by atomic mass is 16.4. The smallest absolute Gasteiger partial charge is 0.307 e. The van der Waals surface area contributed by atoms with Crippen LogP contribution in [0.3, 0.4) is 0 Å². The van der Waals surface area contributed by atoms with Gasteiger partial charge in [-0.2, -0.15) is 5.10 Å². The van der Waals surface area contributed by atoms with Crippen LogP contribution in [-0.2, 0) is 11.2 Å². The SMILES string of the molecule is Cc1ccc2c(-c3cccc(CC(=O)O)c3)n[nH]c2c1. The monoisotopic (exact) mass is 266 g/mol. The fourth-order valence-corrected chi connectivity index (χ4v) is 2.36. The molecule has 0 aliphatic heterocycles. The Bertz CT molecular complexity index is 790. The molecule has 0 saturated heterocycles. The van der Waals surface area contributed by atoms with E-state index in [0.717, 1.165) is 27.7 Å². The number of aromatic nitrogens is 2. The first-order chi connectivity index (χ1) is 9.63. The lowest BCUT2D eigenvalue weighted by Crippen LogP contribution is -1.99. The number of aliphatic carboxylic acids is 1. The average molecular weight is 266 g/mol. The summed E-state index contributed by atoms with van der Waals surface area (Å²) in [5.41, 5.74) is 4.72. The van der Waals surface area contributed by atoms with E-state index in [-0.39, 0.29) is 6.42 Å². The third kappa shape index (κ3) is 2.28. The molecule has 1 heterocycles. The van der Waals surface area contributed by atoms with Gasteiger partial charge in [0.1, 0.15) is 0 Å². The molecule has 3 aromatic rings. The number of rotatable bonds is 3. The molecule has 4 heteroatoms. The molecular weight excluding hydrogens is 252 g/mol. The number of aryl methyl sites for hydroxylation is 1. The predicted molar refractivity (Wildman–Crippen MR) is 77.6 cm³/mol. The first kappa shape index (κ1) is 12.4. The van der Waals surface area contributed by atoms with Gasteiger partial charge >= 0.3 is 5.97 Å². The number of aromatic amines is 1. The Morgan fingerprint density at radius 3 is 2.90 bits per heavy atom. The number of nitrogens with one attached hydrogen (secondary N) is 1. The Kier molecular flexibility index (Phi) is 2.99. The Morgan fingerprint density at radius 2 is 2.10 bits per heavy atom. The maximum Gasteiger partial charge on any atom is 0.307 e. The van der Waals surface area contributed by atoms with Crippen molar-refractivity contribution in [1.82, 2.24) is 10.2 Å². The maximum atomic E-state index is 10.8. The number of fused-ring (bicyclic) bond motifs is 1. The van der Waals surface area contributed by atoms with Gasteiger partial charge in [-0.3, -0.25) is 9.89 Å². The minimum absolute atomic E-state index is 0.0231. The summed E-state index contributed by atoms with van der Waals surface area (Å²) in [6.45, 7) is 2.04. The molecule has 100 valence electrons. The second-order valence-electron chi connectivity index (χ2n) is 4.89. The number of carbonyl (C=O) groups is 1. The van der Waals surface area contributed by atoms with Crippen LogP contribution >= 0.6 is 0 Å². The summed E-state index contributed by atoms with van der Waals surface area (Å²) < 4.78 is 0. The van der Waals surface area contributed by atoms with Crippen LogP contribution < -0.4 is 0 Å². The van der Waals surface area contributed by atoms with E-state index in [4.69, 9.17) is 5.11 Å². The zero-order valence-electron chi connectivity index (χ0n) is 11.1. The van der Waals surface area contributed by atoms with Crippen molar-refractivity contribution in [2.45, 2.75) is 13.3 Å². The van der Waals surface area contributed by atoms with E-state index in [1.165, 1.54) is 5.56 Å². The molecule has 0 aliphatic carbocycles. The van der Waals surface area contributed by atoms with Crippen molar-refractivity contribution in [1.29, 1.82) is 0 Å². The zero-order valence-corrected chi connectivity index (χ0v) is 11.1. The van der Waals surface area contributed by atoms with Crippen LogP contribution in [-0.4, -0.2) is 21.3 Å². The van der Waals surface area contributed by atoms with Crippen molar-refractivity contribution in [2.24, 2.45) is 0 Å². The van der Waals surface area contributed by atoms with Crippen LogP contribution in [0, 0.1) is 6.92 Å². The Hall–Kier alpha value is -2.62. The van der Waals surface area contributed by atoms with Crippen molar-refractivity contribution >= 4 is 16.9 Å². The van der Waals surface area contributed by atoms with Gasteiger partial charge in [-0.15, -0.1) is 0 Å². The molecule has 1 aromatic heterocycles. The van der Waals surface area contributed by atoms with Gasteiger partial charge in [0.2, 0.25) is 0 Å². The van der Waals surface area contributed by atoms with E-state index >= 15 is 0 Å². The Labute approximate surface area is 116 Å². The van der Waals surface area contributed by atoms with Crippen LogP contribution in [0.5, 0.6) is 0 Å². The van der Waals surface area contributed by atoms with E-state index in [1.54, 1.807) is 0 Å². The molecule has 3 rings (SSSR count). The number of hydrogen-bond donors (Lipinski definition) is 2. The lowest BCUT2D eigenvalue weighted by Gasteiger charge is -2.02. The number of benzene rings is 2. The largest absolute Gasteiger partial charge is 0.481 e. The molecule has 0 fully saturated rings.